The Morgan fingerprint density at radius 3 is 2.95 bits per heavy atom. The van der Waals surface area contributed by atoms with Crippen LogP contribution in [0, 0.1) is 11.8 Å². The number of hydrogen-bond acceptors (Lipinski definition) is 2. The molecule has 1 aromatic carbocycles. The first kappa shape index (κ1) is 16.4. The van der Waals surface area contributed by atoms with Gasteiger partial charge in [0, 0.05) is 28.1 Å². The fraction of sp³-hybridized carbons (Fsp3) is 0.500. The Morgan fingerprint density at radius 1 is 1.42 bits per heavy atom. The molecular weight excluding hydrogens is 274 g/mol. The highest BCUT2D eigenvalue weighted by Gasteiger charge is 2.07. The molecule has 1 nitrogen and oxygen atoms in total. The summed E-state index contributed by atoms with van der Waals surface area (Å²) in [5.74, 6) is 7.16. The zero-order chi connectivity index (χ0) is 13.9. The van der Waals surface area contributed by atoms with E-state index in [0.29, 0.717) is 6.04 Å². The van der Waals surface area contributed by atoms with Gasteiger partial charge in [-0.25, -0.2) is 0 Å². The third-order valence-corrected chi connectivity index (χ3v) is 4.12. The molecule has 0 amide bonds. The van der Waals surface area contributed by atoms with Crippen molar-refractivity contribution in [3.63, 3.8) is 0 Å². The fourth-order valence-corrected chi connectivity index (χ4v) is 3.04. The van der Waals surface area contributed by atoms with Gasteiger partial charge < -0.3 is 5.32 Å². The Labute approximate surface area is 126 Å². The molecule has 0 saturated carbocycles. The van der Waals surface area contributed by atoms with E-state index >= 15 is 0 Å². The molecule has 0 fully saturated rings. The standard InChI is InChI=1S/C16H22ClNS/c1-3-5-6-9-15(18-11-4-2)13-19-16-10-7-8-14(17)12-16/h7-8,10,12,15,18H,4,6,9,11,13H2,1-2H3. The number of halogens is 1. The molecule has 0 spiro atoms. The minimum atomic E-state index is 0.518. The van der Waals surface area contributed by atoms with Gasteiger partial charge in [0.05, 0.1) is 0 Å². The largest absolute Gasteiger partial charge is 0.313 e. The van der Waals surface area contributed by atoms with Gasteiger partial charge in [0.1, 0.15) is 0 Å². The smallest absolute Gasteiger partial charge is 0.0417 e. The molecule has 0 heterocycles. The highest BCUT2D eigenvalue weighted by Crippen LogP contribution is 2.23. The van der Waals surface area contributed by atoms with Crippen LogP contribution >= 0.6 is 23.4 Å². The number of thioether (sulfide) groups is 1. The third-order valence-electron chi connectivity index (χ3n) is 2.72. The molecule has 0 radical (unpaired) electrons. The molecule has 0 saturated heterocycles. The van der Waals surface area contributed by atoms with Crippen molar-refractivity contribution in [1.82, 2.24) is 5.32 Å². The van der Waals surface area contributed by atoms with Crippen LogP contribution in [0.25, 0.3) is 0 Å². The SMILES string of the molecule is CC#CCCC(CSc1cccc(Cl)c1)NCCC. The fourth-order valence-electron chi connectivity index (χ4n) is 1.72. The molecule has 104 valence electrons. The lowest BCUT2D eigenvalue weighted by atomic mass is 10.2. The van der Waals surface area contributed by atoms with Gasteiger partial charge in [-0.05, 0) is 44.5 Å². The predicted octanol–water partition coefficient (Wildman–Crippen LogP) is 4.60. The number of nitrogens with one attached hydrogen (secondary N) is 1. The van der Waals surface area contributed by atoms with Gasteiger partial charge in [-0.15, -0.1) is 23.6 Å². The van der Waals surface area contributed by atoms with Gasteiger partial charge >= 0.3 is 0 Å². The molecule has 19 heavy (non-hydrogen) atoms. The van der Waals surface area contributed by atoms with Gasteiger partial charge in [-0.3, -0.25) is 0 Å². The van der Waals surface area contributed by atoms with Crippen LogP contribution < -0.4 is 5.32 Å². The van der Waals surface area contributed by atoms with Crippen molar-refractivity contribution >= 4 is 23.4 Å². The van der Waals surface area contributed by atoms with Crippen LogP contribution in [0.15, 0.2) is 29.2 Å². The lowest BCUT2D eigenvalue weighted by Gasteiger charge is -2.17. The number of benzene rings is 1. The molecule has 0 aliphatic rings. The molecule has 1 atom stereocenters. The first-order valence-corrected chi connectivity index (χ1v) is 8.14. The van der Waals surface area contributed by atoms with Crippen LogP contribution in [0.4, 0.5) is 0 Å². The lowest BCUT2D eigenvalue weighted by molar-refractivity contribution is 0.526. The normalized spacial score (nSPS) is 11.7. The number of hydrogen-bond donors (Lipinski definition) is 1. The first-order valence-electron chi connectivity index (χ1n) is 6.77. The van der Waals surface area contributed by atoms with Crippen LogP contribution in [0.1, 0.15) is 33.1 Å². The quantitative estimate of drug-likeness (QED) is 0.555. The predicted molar refractivity (Wildman–Crippen MR) is 86.9 cm³/mol. The zero-order valence-corrected chi connectivity index (χ0v) is 13.3. The van der Waals surface area contributed by atoms with Gasteiger partial charge in [0.15, 0.2) is 0 Å². The van der Waals surface area contributed by atoms with E-state index in [0.717, 1.165) is 36.6 Å². The Kier molecular flexibility index (Phi) is 8.82. The van der Waals surface area contributed by atoms with Crippen molar-refractivity contribution in [2.45, 2.75) is 44.0 Å². The molecule has 3 heteroatoms. The maximum absolute atomic E-state index is 6.00. The summed E-state index contributed by atoms with van der Waals surface area (Å²) in [5.41, 5.74) is 0. The molecular formula is C16H22ClNS. The minimum Gasteiger partial charge on any atom is -0.313 e. The maximum Gasteiger partial charge on any atom is 0.0417 e. The summed E-state index contributed by atoms with van der Waals surface area (Å²) in [6.45, 7) is 5.16. The van der Waals surface area contributed by atoms with Crippen LogP contribution in [-0.4, -0.2) is 18.3 Å². The van der Waals surface area contributed by atoms with Gasteiger partial charge in [0.25, 0.3) is 0 Å². The van der Waals surface area contributed by atoms with E-state index in [2.05, 4.69) is 30.1 Å². The van der Waals surface area contributed by atoms with Crippen LogP contribution in [0.3, 0.4) is 0 Å². The van der Waals surface area contributed by atoms with Crippen LogP contribution in [0.5, 0.6) is 0 Å². The maximum atomic E-state index is 6.00. The first-order chi connectivity index (χ1) is 9.26. The Bertz CT molecular complexity index is 422. The average molecular weight is 296 g/mol. The van der Waals surface area contributed by atoms with Gasteiger partial charge in [-0.2, -0.15) is 0 Å². The summed E-state index contributed by atoms with van der Waals surface area (Å²) in [4.78, 5) is 1.23. The topological polar surface area (TPSA) is 12.0 Å². The molecule has 1 unspecified atom stereocenters. The Hall–Kier alpha value is -0.620. The van der Waals surface area contributed by atoms with Crippen molar-refractivity contribution in [2.75, 3.05) is 12.3 Å². The highest BCUT2D eigenvalue weighted by molar-refractivity contribution is 7.99. The second-order valence-corrected chi connectivity index (χ2v) is 5.91. The van der Waals surface area contributed by atoms with Crippen molar-refractivity contribution in [3.8, 4) is 11.8 Å². The summed E-state index contributed by atoms with van der Waals surface area (Å²) >= 11 is 7.85. The second-order valence-electron chi connectivity index (χ2n) is 4.38. The molecule has 0 aliphatic heterocycles. The van der Waals surface area contributed by atoms with Crippen molar-refractivity contribution < 1.29 is 0 Å². The van der Waals surface area contributed by atoms with E-state index in [1.165, 1.54) is 4.90 Å². The van der Waals surface area contributed by atoms with E-state index in [1.807, 2.05) is 36.9 Å². The third kappa shape index (κ3) is 7.52. The lowest BCUT2D eigenvalue weighted by Crippen LogP contribution is -2.31. The van der Waals surface area contributed by atoms with Crippen molar-refractivity contribution in [1.29, 1.82) is 0 Å². The highest BCUT2D eigenvalue weighted by atomic mass is 35.5. The van der Waals surface area contributed by atoms with E-state index in [9.17, 15) is 0 Å². The van der Waals surface area contributed by atoms with Crippen LogP contribution in [0.2, 0.25) is 5.02 Å². The zero-order valence-electron chi connectivity index (χ0n) is 11.7. The van der Waals surface area contributed by atoms with Gasteiger partial charge in [0.2, 0.25) is 0 Å². The Balaban J connectivity index is 2.43. The molecule has 1 N–H and O–H groups in total. The van der Waals surface area contributed by atoms with E-state index in [4.69, 9.17) is 11.6 Å². The molecule has 0 aliphatic carbocycles. The van der Waals surface area contributed by atoms with Crippen molar-refractivity contribution in [3.05, 3.63) is 29.3 Å². The number of rotatable bonds is 8. The second kappa shape index (κ2) is 10.2. The van der Waals surface area contributed by atoms with E-state index in [1.54, 1.807) is 0 Å². The van der Waals surface area contributed by atoms with E-state index < -0.39 is 0 Å². The van der Waals surface area contributed by atoms with Crippen LogP contribution in [-0.2, 0) is 0 Å². The monoisotopic (exact) mass is 295 g/mol. The summed E-state index contributed by atoms with van der Waals surface area (Å²) < 4.78 is 0. The Morgan fingerprint density at radius 2 is 2.26 bits per heavy atom. The summed E-state index contributed by atoms with van der Waals surface area (Å²) in [5, 5.41) is 4.40. The van der Waals surface area contributed by atoms with Gasteiger partial charge in [-0.1, -0.05) is 24.6 Å². The average Bonchev–Trinajstić information content (AvgIpc) is 2.41. The molecule has 1 rings (SSSR count). The summed E-state index contributed by atoms with van der Waals surface area (Å²) in [6.07, 6.45) is 3.24. The summed E-state index contributed by atoms with van der Waals surface area (Å²) in [7, 11) is 0. The minimum absolute atomic E-state index is 0.518. The summed E-state index contributed by atoms with van der Waals surface area (Å²) in [6, 6.07) is 8.57. The molecule has 0 bridgehead atoms. The molecule has 1 aromatic rings. The van der Waals surface area contributed by atoms with Crippen molar-refractivity contribution in [2.24, 2.45) is 0 Å². The molecule has 0 aromatic heterocycles. The van der Waals surface area contributed by atoms with E-state index in [-0.39, 0.29) is 0 Å².